The van der Waals surface area contributed by atoms with Crippen molar-refractivity contribution in [2.45, 2.75) is 57.4 Å². The molecular formula is C21H34N2O2S. The summed E-state index contributed by atoms with van der Waals surface area (Å²) in [5, 5.41) is 3.49. The smallest absolute Gasteiger partial charge is 0.175 e. The fourth-order valence-electron chi connectivity index (χ4n) is 4.75. The second-order valence-electron chi connectivity index (χ2n) is 9.21. The molecule has 0 spiro atoms. The molecule has 4 nitrogen and oxygen atoms in total. The van der Waals surface area contributed by atoms with Gasteiger partial charge in [0.1, 0.15) is 0 Å². The van der Waals surface area contributed by atoms with E-state index in [-0.39, 0.29) is 5.41 Å². The lowest BCUT2D eigenvalue weighted by atomic mass is 9.71. The van der Waals surface area contributed by atoms with E-state index in [1.165, 1.54) is 31.9 Å². The van der Waals surface area contributed by atoms with Gasteiger partial charge in [0.15, 0.2) is 9.84 Å². The predicted octanol–water partition coefficient (Wildman–Crippen LogP) is 3.72. The van der Waals surface area contributed by atoms with Crippen LogP contribution in [0.15, 0.2) is 29.2 Å². The van der Waals surface area contributed by atoms with E-state index in [0.29, 0.717) is 10.9 Å². The number of nitrogens with one attached hydrogen (secondary N) is 1. The lowest BCUT2D eigenvalue weighted by molar-refractivity contribution is 0.154. The third kappa shape index (κ3) is 4.42. The molecule has 0 aliphatic carbocycles. The second kappa shape index (κ2) is 7.51. The van der Waals surface area contributed by atoms with Crippen molar-refractivity contribution in [1.82, 2.24) is 5.32 Å². The zero-order chi connectivity index (χ0) is 18.9. The number of sulfone groups is 1. The maximum Gasteiger partial charge on any atom is 0.175 e. The summed E-state index contributed by atoms with van der Waals surface area (Å²) in [6.07, 6.45) is 6.37. The lowest BCUT2D eigenvalue weighted by Gasteiger charge is -2.49. The summed E-state index contributed by atoms with van der Waals surface area (Å²) in [7, 11) is -3.14. The molecule has 26 heavy (non-hydrogen) atoms. The van der Waals surface area contributed by atoms with E-state index in [1.807, 2.05) is 12.1 Å². The maximum absolute atomic E-state index is 11.7. The second-order valence-corrected chi connectivity index (χ2v) is 11.2. The van der Waals surface area contributed by atoms with Crippen molar-refractivity contribution >= 4 is 15.5 Å². The van der Waals surface area contributed by atoms with Crippen LogP contribution in [-0.4, -0.2) is 40.3 Å². The lowest BCUT2D eigenvalue weighted by Crippen LogP contribution is -2.51. The van der Waals surface area contributed by atoms with E-state index < -0.39 is 9.84 Å². The molecule has 2 aliphatic heterocycles. The van der Waals surface area contributed by atoms with Gasteiger partial charge in [-0.3, -0.25) is 0 Å². The van der Waals surface area contributed by atoms with Gasteiger partial charge in [0.05, 0.1) is 4.90 Å². The van der Waals surface area contributed by atoms with Gasteiger partial charge >= 0.3 is 0 Å². The van der Waals surface area contributed by atoms with E-state index in [4.69, 9.17) is 0 Å². The van der Waals surface area contributed by atoms with Crippen LogP contribution in [0.1, 0.15) is 46.5 Å². The molecule has 0 bridgehead atoms. The number of nitrogens with zero attached hydrogens (tertiary/aromatic N) is 1. The van der Waals surface area contributed by atoms with Gasteiger partial charge in [0, 0.05) is 24.5 Å². The van der Waals surface area contributed by atoms with Crippen LogP contribution in [0.2, 0.25) is 0 Å². The van der Waals surface area contributed by atoms with Crippen LogP contribution in [0.25, 0.3) is 0 Å². The third-order valence-electron chi connectivity index (χ3n) is 6.29. The number of piperidine rings is 2. The number of rotatable bonds is 3. The van der Waals surface area contributed by atoms with Crippen molar-refractivity contribution in [2.24, 2.45) is 17.3 Å². The van der Waals surface area contributed by atoms with Gasteiger partial charge in [0.25, 0.3) is 0 Å². The average molecular weight is 379 g/mol. The van der Waals surface area contributed by atoms with Crippen molar-refractivity contribution in [3.63, 3.8) is 0 Å². The summed E-state index contributed by atoms with van der Waals surface area (Å²) in [5.41, 5.74) is 1.35. The first-order valence-electron chi connectivity index (χ1n) is 9.94. The Labute approximate surface area is 159 Å². The molecule has 2 heterocycles. The predicted molar refractivity (Wildman–Crippen MR) is 108 cm³/mol. The molecule has 2 saturated heterocycles. The van der Waals surface area contributed by atoms with Crippen molar-refractivity contribution in [3.05, 3.63) is 24.3 Å². The van der Waals surface area contributed by atoms with Gasteiger partial charge in [0.2, 0.25) is 0 Å². The van der Waals surface area contributed by atoms with Gasteiger partial charge in [-0.25, -0.2) is 8.42 Å². The van der Waals surface area contributed by atoms with Crippen LogP contribution in [0, 0.1) is 17.3 Å². The monoisotopic (exact) mass is 378 g/mol. The third-order valence-corrected chi connectivity index (χ3v) is 7.42. The van der Waals surface area contributed by atoms with E-state index >= 15 is 0 Å². The molecule has 1 aromatic rings. The van der Waals surface area contributed by atoms with Gasteiger partial charge in [-0.1, -0.05) is 20.8 Å². The normalized spacial score (nSPS) is 26.1. The van der Waals surface area contributed by atoms with Crippen LogP contribution in [-0.2, 0) is 9.84 Å². The van der Waals surface area contributed by atoms with Gasteiger partial charge in [-0.2, -0.15) is 0 Å². The number of benzene rings is 1. The van der Waals surface area contributed by atoms with E-state index in [2.05, 4.69) is 31.0 Å². The molecule has 0 aromatic heterocycles. The zero-order valence-corrected chi connectivity index (χ0v) is 17.5. The minimum absolute atomic E-state index is 0.196. The maximum atomic E-state index is 11.7. The Kier molecular flexibility index (Phi) is 5.69. The molecule has 2 atom stereocenters. The average Bonchev–Trinajstić information content (AvgIpc) is 2.61. The van der Waals surface area contributed by atoms with Gasteiger partial charge in [-0.05, 0) is 80.3 Å². The summed E-state index contributed by atoms with van der Waals surface area (Å²) in [4.78, 5) is 2.92. The molecule has 146 valence electrons. The van der Waals surface area contributed by atoms with Gasteiger partial charge < -0.3 is 10.2 Å². The van der Waals surface area contributed by atoms with E-state index in [1.54, 1.807) is 12.1 Å². The highest BCUT2D eigenvalue weighted by Crippen LogP contribution is 2.41. The number of anilines is 1. The summed E-state index contributed by atoms with van der Waals surface area (Å²) in [6, 6.07) is 7.97. The Morgan fingerprint density at radius 1 is 1.00 bits per heavy atom. The van der Waals surface area contributed by atoms with Crippen molar-refractivity contribution in [1.29, 1.82) is 0 Å². The van der Waals surface area contributed by atoms with Crippen molar-refractivity contribution in [2.75, 3.05) is 30.8 Å². The Morgan fingerprint density at radius 3 is 2.15 bits per heavy atom. The topological polar surface area (TPSA) is 49.4 Å². The Balaban J connectivity index is 1.80. The summed E-state index contributed by atoms with van der Waals surface area (Å²) in [5.74, 6) is 1.67. The molecule has 2 fully saturated rings. The zero-order valence-electron chi connectivity index (χ0n) is 16.7. The molecule has 5 heteroatoms. The van der Waals surface area contributed by atoms with E-state index in [0.717, 1.165) is 37.2 Å². The molecule has 1 unspecified atom stereocenters. The highest BCUT2D eigenvalue weighted by molar-refractivity contribution is 7.90. The molecule has 0 radical (unpaired) electrons. The Morgan fingerprint density at radius 2 is 1.62 bits per heavy atom. The largest absolute Gasteiger partial charge is 0.368 e. The minimum atomic E-state index is -3.14. The number of hydrogen-bond donors (Lipinski definition) is 1. The first-order valence-corrected chi connectivity index (χ1v) is 11.8. The summed E-state index contributed by atoms with van der Waals surface area (Å²) in [6.45, 7) is 10.4. The molecule has 0 saturated carbocycles. The summed E-state index contributed by atoms with van der Waals surface area (Å²) >= 11 is 0. The first-order chi connectivity index (χ1) is 12.2. The SMILES string of the molecule is CC(C)(C)[C@H]1CC(C2CCNCC2)CCN1c1ccc(S(C)(=O)=O)cc1. The minimum Gasteiger partial charge on any atom is -0.368 e. The molecule has 1 N–H and O–H groups in total. The molecular weight excluding hydrogens is 344 g/mol. The van der Waals surface area contributed by atoms with Gasteiger partial charge in [-0.15, -0.1) is 0 Å². The van der Waals surface area contributed by atoms with Crippen LogP contribution in [0.3, 0.4) is 0 Å². The standard InChI is InChI=1S/C21H34N2O2S/c1-21(2,3)20-15-17(16-9-12-22-13-10-16)11-14-23(20)18-5-7-19(8-6-18)26(4,24)25/h5-8,16-17,20,22H,9-15H2,1-4H3/t17?,20-/m1/s1. The fourth-order valence-corrected chi connectivity index (χ4v) is 5.38. The van der Waals surface area contributed by atoms with Crippen LogP contribution >= 0.6 is 0 Å². The van der Waals surface area contributed by atoms with Crippen LogP contribution in [0.4, 0.5) is 5.69 Å². The number of hydrogen-bond acceptors (Lipinski definition) is 4. The van der Waals surface area contributed by atoms with Crippen LogP contribution in [0.5, 0.6) is 0 Å². The quantitative estimate of drug-likeness (QED) is 0.871. The molecule has 3 rings (SSSR count). The Bertz CT molecular complexity index is 701. The van der Waals surface area contributed by atoms with Crippen molar-refractivity contribution in [3.8, 4) is 0 Å². The fraction of sp³-hybridized carbons (Fsp3) is 0.714. The highest BCUT2D eigenvalue weighted by atomic mass is 32.2. The van der Waals surface area contributed by atoms with Crippen molar-refractivity contribution < 1.29 is 8.42 Å². The molecule has 1 aromatic carbocycles. The highest BCUT2D eigenvalue weighted by Gasteiger charge is 2.39. The van der Waals surface area contributed by atoms with Crippen LogP contribution < -0.4 is 10.2 Å². The molecule has 0 amide bonds. The molecule has 2 aliphatic rings. The summed E-state index contributed by atoms with van der Waals surface area (Å²) < 4.78 is 23.5. The van der Waals surface area contributed by atoms with E-state index in [9.17, 15) is 8.42 Å². The first kappa shape index (κ1) is 19.7. The Hall–Kier alpha value is -1.07.